The van der Waals surface area contributed by atoms with Crippen molar-refractivity contribution in [2.24, 2.45) is 5.92 Å². The number of hydrogen-bond donors (Lipinski definition) is 2. The molecule has 1 aromatic heterocycles. The SMILES string of the molecule is Cc1cc(C(=O)Nc2ccc(C)c(Cl)c2)nc(NCCC(C)C)n1. The van der Waals surface area contributed by atoms with Crippen molar-refractivity contribution in [3.05, 3.63) is 46.2 Å². The van der Waals surface area contributed by atoms with Crippen molar-refractivity contribution in [2.75, 3.05) is 17.2 Å². The van der Waals surface area contributed by atoms with E-state index in [-0.39, 0.29) is 5.91 Å². The number of carbonyl (C=O) groups is 1. The quantitative estimate of drug-likeness (QED) is 0.810. The van der Waals surface area contributed by atoms with Crippen LogP contribution in [0, 0.1) is 19.8 Å². The van der Waals surface area contributed by atoms with Crippen LogP contribution in [-0.2, 0) is 0 Å². The van der Waals surface area contributed by atoms with Crippen LogP contribution in [0.4, 0.5) is 11.6 Å². The molecule has 0 spiro atoms. The summed E-state index contributed by atoms with van der Waals surface area (Å²) in [6.07, 6.45) is 1.01. The van der Waals surface area contributed by atoms with Gasteiger partial charge < -0.3 is 10.6 Å². The van der Waals surface area contributed by atoms with Crippen LogP contribution in [0.25, 0.3) is 0 Å². The number of benzene rings is 1. The summed E-state index contributed by atoms with van der Waals surface area (Å²) in [7, 11) is 0. The summed E-state index contributed by atoms with van der Waals surface area (Å²) in [5.41, 5.74) is 2.67. The molecule has 24 heavy (non-hydrogen) atoms. The van der Waals surface area contributed by atoms with Gasteiger partial charge in [0.05, 0.1) is 0 Å². The lowest BCUT2D eigenvalue weighted by atomic mass is 10.1. The summed E-state index contributed by atoms with van der Waals surface area (Å²) in [5, 5.41) is 6.60. The Morgan fingerprint density at radius 3 is 2.62 bits per heavy atom. The van der Waals surface area contributed by atoms with Crippen LogP contribution >= 0.6 is 11.6 Å². The highest BCUT2D eigenvalue weighted by Crippen LogP contribution is 2.20. The first kappa shape index (κ1) is 18.2. The fraction of sp³-hybridized carbons (Fsp3) is 0.389. The molecule has 0 radical (unpaired) electrons. The first-order valence-corrected chi connectivity index (χ1v) is 8.40. The highest BCUT2D eigenvalue weighted by atomic mass is 35.5. The standard InChI is InChI=1S/C18H23ClN4O/c1-11(2)7-8-20-18-21-13(4)9-16(23-18)17(24)22-14-6-5-12(3)15(19)10-14/h5-6,9-11H,7-8H2,1-4H3,(H,22,24)(H,20,21,23). The van der Waals surface area contributed by atoms with E-state index in [1.165, 1.54) is 0 Å². The number of anilines is 2. The van der Waals surface area contributed by atoms with E-state index in [2.05, 4.69) is 34.4 Å². The van der Waals surface area contributed by atoms with Gasteiger partial charge in [-0.25, -0.2) is 9.97 Å². The molecule has 0 aliphatic rings. The molecule has 0 saturated heterocycles. The molecule has 5 nitrogen and oxygen atoms in total. The zero-order valence-electron chi connectivity index (χ0n) is 14.5. The number of aromatic nitrogens is 2. The molecule has 0 unspecified atom stereocenters. The summed E-state index contributed by atoms with van der Waals surface area (Å²) in [6.45, 7) is 8.84. The van der Waals surface area contributed by atoms with Gasteiger partial charge in [-0.15, -0.1) is 0 Å². The smallest absolute Gasteiger partial charge is 0.274 e. The predicted octanol–water partition coefficient (Wildman–Crippen LogP) is 4.46. The molecule has 0 aliphatic heterocycles. The lowest BCUT2D eigenvalue weighted by Crippen LogP contribution is -2.16. The van der Waals surface area contributed by atoms with Crippen LogP contribution in [0.5, 0.6) is 0 Å². The average molecular weight is 347 g/mol. The first-order chi connectivity index (χ1) is 11.3. The number of aryl methyl sites for hydroxylation is 2. The number of hydrogen-bond acceptors (Lipinski definition) is 4. The van der Waals surface area contributed by atoms with Gasteiger partial charge in [0, 0.05) is 22.9 Å². The van der Waals surface area contributed by atoms with Crippen molar-refractivity contribution < 1.29 is 4.79 Å². The largest absolute Gasteiger partial charge is 0.354 e. The first-order valence-electron chi connectivity index (χ1n) is 8.02. The lowest BCUT2D eigenvalue weighted by molar-refractivity contribution is 0.102. The van der Waals surface area contributed by atoms with Gasteiger partial charge in [-0.2, -0.15) is 0 Å². The van der Waals surface area contributed by atoms with E-state index in [9.17, 15) is 4.79 Å². The number of carbonyl (C=O) groups excluding carboxylic acids is 1. The van der Waals surface area contributed by atoms with Gasteiger partial charge in [-0.3, -0.25) is 4.79 Å². The number of nitrogens with one attached hydrogen (secondary N) is 2. The van der Waals surface area contributed by atoms with E-state index in [0.717, 1.165) is 24.2 Å². The zero-order chi connectivity index (χ0) is 17.7. The molecule has 128 valence electrons. The minimum atomic E-state index is -0.285. The molecular weight excluding hydrogens is 324 g/mol. The third-order valence-corrected chi connectivity index (χ3v) is 3.93. The summed E-state index contributed by atoms with van der Waals surface area (Å²) in [5.74, 6) is 0.784. The van der Waals surface area contributed by atoms with Crippen molar-refractivity contribution in [2.45, 2.75) is 34.1 Å². The van der Waals surface area contributed by atoms with Crippen LogP contribution in [0.3, 0.4) is 0 Å². The summed E-state index contributed by atoms with van der Waals surface area (Å²) >= 11 is 6.09. The number of rotatable bonds is 6. The number of nitrogens with zero attached hydrogens (tertiary/aromatic N) is 2. The van der Waals surface area contributed by atoms with Crippen LogP contribution in [0.15, 0.2) is 24.3 Å². The molecule has 0 atom stereocenters. The topological polar surface area (TPSA) is 66.9 Å². The van der Waals surface area contributed by atoms with Crippen molar-refractivity contribution >= 4 is 29.1 Å². The van der Waals surface area contributed by atoms with E-state index in [1.54, 1.807) is 12.1 Å². The third kappa shape index (κ3) is 5.20. The monoisotopic (exact) mass is 346 g/mol. The van der Waals surface area contributed by atoms with Gasteiger partial charge in [-0.1, -0.05) is 31.5 Å². The van der Waals surface area contributed by atoms with Crippen LogP contribution in [0.1, 0.15) is 42.0 Å². The molecule has 1 amide bonds. The Morgan fingerprint density at radius 2 is 1.96 bits per heavy atom. The summed E-state index contributed by atoms with van der Waals surface area (Å²) in [6, 6.07) is 7.07. The summed E-state index contributed by atoms with van der Waals surface area (Å²) in [4.78, 5) is 21.0. The molecule has 2 aromatic rings. The minimum absolute atomic E-state index is 0.285. The minimum Gasteiger partial charge on any atom is -0.354 e. The summed E-state index contributed by atoms with van der Waals surface area (Å²) < 4.78 is 0. The van der Waals surface area contributed by atoms with Gasteiger partial charge in [0.2, 0.25) is 5.95 Å². The second-order valence-electron chi connectivity index (χ2n) is 6.25. The molecule has 0 fully saturated rings. The highest BCUT2D eigenvalue weighted by Gasteiger charge is 2.11. The van der Waals surface area contributed by atoms with E-state index >= 15 is 0 Å². The van der Waals surface area contributed by atoms with Gasteiger partial charge >= 0.3 is 0 Å². The third-order valence-electron chi connectivity index (χ3n) is 3.52. The highest BCUT2D eigenvalue weighted by molar-refractivity contribution is 6.31. The zero-order valence-corrected chi connectivity index (χ0v) is 15.2. The second kappa shape index (κ2) is 8.11. The maximum Gasteiger partial charge on any atom is 0.274 e. The van der Waals surface area contributed by atoms with E-state index in [4.69, 9.17) is 11.6 Å². The van der Waals surface area contributed by atoms with Gasteiger partial charge in [0.1, 0.15) is 5.69 Å². The predicted molar refractivity (Wildman–Crippen MR) is 98.9 cm³/mol. The normalized spacial score (nSPS) is 10.8. The van der Waals surface area contributed by atoms with Crippen molar-refractivity contribution in [3.63, 3.8) is 0 Å². The van der Waals surface area contributed by atoms with Crippen molar-refractivity contribution in [1.82, 2.24) is 9.97 Å². The number of halogens is 1. The molecule has 2 N–H and O–H groups in total. The lowest BCUT2D eigenvalue weighted by Gasteiger charge is -2.10. The van der Waals surface area contributed by atoms with Crippen molar-refractivity contribution in [1.29, 1.82) is 0 Å². The second-order valence-corrected chi connectivity index (χ2v) is 6.65. The van der Waals surface area contributed by atoms with Crippen LogP contribution < -0.4 is 10.6 Å². The van der Waals surface area contributed by atoms with Crippen LogP contribution in [-0.4, -0.2) is 22.4 Å². The van der Waals surface area contributed by atoms with Gasteiger partial charge in [0.25, 0.3) is 5.91 Å². The Hall–Kier alpha value is -2.14. The Labute approximate surface area is 147 Å². The average Bonchev–Trinajstić information content (AvgIpc) is 2.50. The van der Waals surface area contributed by atoms with E-state index in [0.29, 0.717) is 28.3 Å². The Morgan fingerprint density at radius 1 is 1.21 bits per heavy atom. The molecule has 6 heteroatoms. The maximum atomic E-state index is 12.4. The Balaban J connectivity index is 2.10. The van der Waals surface area contributed by atoms with Gasteiger partial charge in [-0.05, 0) is 49.9 Å². The molecule has 0 aliphatic carbocycles. The van der Waals surface area contributed by atoms with Gasteiger partial charge in [0.15, 0.2) is 0 Å². The molecule has 0 bridgehead atoms. The van der Waals surface area contributed by atoms with E-state index in [1.807, 2.05) is 26.0 Å². The maximum absolute atomic E-state index is 12.4. The molecule has 1 aromatic carbocycles. The van der Waals surface area contributed by atoms with Crippen LogP contribution in [0.2, 0.25) is 5.02 Å². The Kier molecular flexibility index (Phi) is 6.15. The Bertz CT molecular complexity index is 731. The van der Waals surface area contributed by atoms with E-state index < -0.39 is 0 Å². The van der Waals surface area contributed by atoms with Crippen molar-refractivity contribution in [3.8, 4) is 0 Å². The fourth-order valence-electron chi connectivity index (χ4n) is 2.10. The molecular formula is C18H23ClN4O. The molecule has 0 saturated carbocycles. The molecule has 2 rings (SSSR count). The fourth-order valence-corrected chi connectivity index (χ4v) is 2.28. The number of amides is 1. The molecule has 1 heterocycles.